The second-order valence-corrected chi connectivity index (χ2v) is 8.88. The lowest BCUT2D eigenvalue weighted by atomic mass is 9.49. The number of nitrogens with one attached hydrogen (secondary N) is 1. The minimum atomic E-state index is -0.461. The highest BCUT2D eigenvalue weighted by molar-refractivity contribution is 5.88. The molecule has 0 aromatic rings. The summed E-state index contributed by atoms with van der Waals surface area (Å²) in [7, 11) is 1.41. The first kappa shape index (κ1) is 18.6. The van der Waals surface area contributed by atoms with Crippen molar-refractivity contribution in [1.29, 1.82) is 5.41 Å². The average Bonchev–Trinajstić information content (AvgIpc) is 2.90. The Morgan fingerprint density at radius 1 is 1.24 bits per heavy atom. The Hall–Kier alpha value is -1.23. The molecule has 3 aliphatic rings. The Morgan fingerprint density at radius 3 is 2.60 bits per heavy atom. The van der Waals surface area contributed by atoms with Gasteiger partial charge in [-0.15, -0.1) is 0 Å². The van der Waals surface area contributed by atoms with E-state index in [0.29, 0.717) is 25.0 Å². The van der Waals surface area contributed by atoms with Crippen LogP contribution in [0.3, 0.4) is 0 Å². The van der Waals surface area contributed by atoms with Crippen LogP contribution in [0, 0.1) is 39.9 Å². The number of carbonyl (C=O) groups excluding carboxylic acids is 2. The Balaban J connectivity index is 1.94. The van der Waals surface area contributed by atoms with Crippen LogP contribution in [0.15, 0.2) is 0 Å². The number of esters is 1. The first-order valence-electron chi connectivity index (χ1n) is 9.57. The lowest BCUT2D eigenvalue weighted by Gasteiger charge is -2.54. The number of carbonyl (C=O) groups is 2. The predicted molar refractivity (Wildman–Crippen MR) is 94.3 cm³/mol. The minimum Gasteiger partial charge on any atom is -0.469 e. The molecule has 0 heterocycles. The van der Waals surface area contributed by atoms with Crippen LogP contribution in [-0.2, 0) is 14.3 Å². The fourth-order valence-electron chi connectivity index (χ4n) is 6.23. The van der Waals surface area contributed by atoms with E-state index in [1.807, 2.05) is 0 Å². The Bertz CT molecular complexity index is 576. The summed E-state index contributed by atoms with van der Waals surface area (Å²) < 4.78 is 5.06. The van der Waals surface area contributed by atoms with Crippen molar-refractivity contribution in [3.8, 4) is 0 Å². The lowest BCUT2D eigenvalue weighted by Crippen LogP contribution is -2.53. The minimum absolute atomic E-state index is 0.0256. The molecular formula is C20H31NO4. The first-order valence-corrected chi connectivity index (χ1v) is 9.57. The molecule has 5 nitrogen and oxygen atoms in total. The number of aliphatic hydroxyl groups excluding tert-OH is 1. The predicted octanol–water partition coefficient (Wildman–Crippen LogP) is 2.99. The molecule has 0 unspecified atom stereocenters. The second-order valence-electron chi connectivity index (χ2n) is 8.88. The van der Waals surface area contributed by atoms with Crippen LogP contribution in [0.4, 0.5) is 0 Å². The van der Waals surface area contributed by atoms with Gasteiger partial charge in [0.05, 0.1) is 19.1 Å². The summed E-state index contributed by atoms with van der Waals surface area (Å²) in [5.74, 6) is 0.175. The maximum absolute atomic E-state index is 12.5. The van der Waals surface area contributed by atoms with E-state index in [9.17, 15) is 14.7 Å². The molecule has 0 aromatic heterocycles. The van der Waals surface area contributed by atoms with E-state index in [-0.39, 0.29) is 40.5 Å². The largest absolute Gasteiger partial charge is 0.469 e. The number of ketones is 1. The third-order valence-electron chi connectivity index (χ3n) is 7.89. The maximum Gasteiger partial charge on any atom is 0.309 e. The molecule has 0 amide bonds. The van der Waals surface area contributed by atoms with Crippen molar-refractivity contribution in [2.45, 2.75) is 64.9 Å². The zero-order valence-electron chi connectivity index (χ0n) is 15.6. The number of hydrogen-bond donors (Lipinski definition) is 2. The number of methoxy groups -OCH3 is 1. The van der Waals surface area contributed by atoms with Crippen molar-refractivity contribution >= 4 is 18.0 Å². The SMILES string of the molecule is COC(=O)[C@H]1C[C@@H](O)CC[C@]1(C)[C@H]1CC[C@]2(C)C(=O)CC[C@H]2[C@@H]1C=N. The third kappa shape index (κ3) is 2.75. The molecule has 0 spiro atoms. The van der Waals surface area contributed by atoms with E-state index < -0.39 is 6.10 Å². The maximum atomic E-state index is 12.5. The number of aliphatic hydroxyl groups is 1. The summed E-state index contributed by atoms with van der Waals surface area (Å²) in [4.78, 5) is 24.9. The van der Waals surface area contributed by atoms with E-state index in [1.165, 1.54) is 13.3 Å². The highest BCUT2D eigenvalue weighted by Gasteiger charge is 2.59. The zero-order chi connectivity index (χ0) is 18.4. The number of rotatable bonds is 3. The number of Topliss-reactive ketones (excluding diaryl/α,β-unsaturated/α-hetero) is 1. The van der Waals surface area contributed by atoms with Gasteiger partial charge in [0.2, 0.25) is 0 Å². The van der Waals surface area contributed by atoms with E-state index in [4.69, 9.17) is 10.1 Å². The molecule has 3 aliphatic carbocycles. The molecule has 0 aliphatic heterocycles. The quantitative estimate of drug-likeness (QED) is 0.606. The Morgan fingerprint density at radius 2 is 1.96 bits per heavy atom. The molecule has 25 heavy (non-hydrogen) atoms. The van der Waals surface area contributed by atoms with E-state index >= 15 is 0 Å². The van der Waals surface area contributed by atoms with Crippen molar-refractivity contribution in [1.82, 2.24) is 0 Å². The average molecular weight is 349 g/mol. The van der Waals surface area contributed by atoms with Gasteiger partial charge in [0.15, 0.2) is 0 Å². The van der Waals surface area contributed by atoms with Gasteiger partial charge in [-0.3, -0.25) is 9.59 Å². The van der Waals surface area contributed by atoms with Crippen LogP contribution in [0.5, 0.6) is 0 Å². The summed E-state index contributed by atoms with van der Waals surface area (Å²) in [5.41, 5.74) is -0.592. The highest BCUT2D eigenvalue weighted by Crippen LogP contribution is 2.60. The van der Waals surface area contributed by atoms with Gasteiger partial charge in [0.25, 0.3) is 0 Å². The number of fused-ring (bicyclic) bond motifs is 1. The fourth-order valence-corrected chi connectivity index (χ4v) is 6.23. The molecule has 3 rings (SSSR count). The normalized spacial score (nSPS) is 47.2. The lowest BCUT2D eigenvalue weighted by molar-refractivity contribution is -0.161. The fraction of sp³-hybridized carbons (Fsp3) is 0.850. The van der Waals surface area contributed by atoms with Crippen molar-refractivity contribution in [2.75, 3.05) is 7.11 Å². The van der Waals surface area contributed by atoms with Gasteiger partial charge >= 0.3 is 5.97 Å². The first-order chi connectivity index (χ1) is 11.8. The number of ether oxygens (including phenoxy) is 1. The third-order valence-corrected chi connectivity index (χ3v) is 7.89. The summed E-state index contributed by atoms with van der Waals surface area (Å²) in [6.45, 7) is 4.21. The Kier molecular flexibility index (Phi) is 4.82. The van der Waals surface area contributed by atoms with Gasteiger partial charge in [-0.2, -0.15) is 0 Å². The summed E-state index contributed by atoms with van der Waals surface area (Å²) >= 11 is 0. The Labute approximate surface area is 150 Å². The van der Waals surface area contributed by atoms with Gasteiger partial charge in [-0.05, 0) is 62.0 Å². The van der Waals surface area contributed by atoms with Crippen molar-refractivity contribution in [2.24, 2.45) is 34.5 Å². The smallest absolute Gasteiger partial charge is 0.309 e. The molecule has 0 aromatic carbocycles. The number of hydrogen-bond acceptors (Lipinski definition) is 5. The van der Waals surface area contributed by atoms with Crippen molar-refractivity contribution < 1.29 is 19.4 Å². The molecule has 140 valence electrons. The highest BCUT2D eigenvalue weighted by atomic mass is 16.5. The van der Waals surface area contributed by atoms with Crippen molar-refractivity contribution in [3.05, 3.63) is 0 Å². The zero-order valence-corrected chi connectivity index (χ0v) is 15.6. The van der Waals surface area contributed by atoms with Crippen LogP contribution in [0.1, 0.15) is 58.8 Å². The van der Waals surface area contributed by atoms with E-state index in [0.717, 1.165) is 25.7 Å². The standard InChI is InChI=1S/C20H31NO4/c1-19(8-6-12(22)10-16(19)18(24)25-3)15-7-9-20(2)14(13(15)11-21)4-5-17(20)23/h11-16,21-22H,4-10H2,1-3H3/t12-,13-,14-,15-,16+,19+,20-/m0/s1. The summed E-state index contributed by atoms with van der Waals surface area (Å²) in [5, 5.41) is 18.2. The molecule has 5 heteroatoms. The summed E-state index contributed by atoms with van der Waals surface area (Å²) in [6, 6.07) is 0. The van der Waals surface area contributed by atoms with Crippen LogP contribution >= 0.6 is 0 Å². The molecule has 3 saturated carbocycles. The van der Waals surface area contributed by atoms with Gasteiger partial charge in [-0.1, -0.05) is 13.8 Å². The van der Waals surface area contributed by atoms with Gasteiger partial charge in [0.1, 0.15) is 5.78 Å². The molecule has 0 saturated heterocycles. The van der Waals surface area contributed by atoms with E-state index in [2.05, 4.69) is 13.8 Å². The van der Waals surface area contributed by atoms with E-state index in [1.54, 1.807) is 0 Å². The molecular weight excluding hydrogens is 318 g/mol. The van der Waals surface area contributed by atoms with Gasteiger partial charge < -0.3 is 15.3 Å². The topological polar surface area (TPSA) is 87.5 Å². The molecule has 0 radical (unpaired) electrons. The second kappa shape index (κ2) is 6.49. The molecule has 0 bridgehead atoms. The van der Waals surface area contributed by atoms with Gasteiger partial charge in [0, 0.05) is 17.8 Å². The van der Waals surface area contributed by atoms with Crippen LogP contribution in [0.2, 0.25) is 0 Å². The molecule has 3 fully saturated rings. The monoisotopic (exact) mass is 349 g/mol. The van der Waals surface area contributed by atoms with Gasteiger partial charge in [-0.25, -0.2) is 0 Å². The van der Waals surface area contributed by atoms with Crippen LogP contribution in [0.25, 0.3) is 0 Å². The summed E-state index contributed by atoms with van der Waals surface area (Å²) in [6.07, 6.45) is 6.14. The van der Waals surface area contributed by atoms with Crippen molar-refractivity contribution in [3.63, 3.8) is 0 Å². The van der Waals surface area contributed by atoms with Crippen LogP contribution in [-0.4, -0.2) is 36.3 Å². The molecule has 7 atom stereocenters. The molecule has 2 N–H and O–H groups in total. The van der Waals surface area contributed by atoms with Crippen LogP contribution < -0.4 is 0 Å².